The van der Waals surface area contributed by atoms with Crippen LogP contribution in [0.25, 0.3) is 11.0 Å². The molecule has 0 aliphatic rings. The molecule has 3 heteroatoms. The van der Waals surface area contributed by atoms with Crippen molar-refractivity contribution in [3.05, 3.63) is 30.1 Å². The minimum absolute atomic E-state index is 0.250. The number of para-hydroxylation sites is 2. The van der Waals surface area contributed by atoms with Gasteiger partial charge in [-0.05, 0) is 43.7 Å². The summed E-state index contributed by atoms with van der Waals surface area (Å²) in [7, 11) is 0. The van der Waals surface area contributed by atoms with Crippen LogP contribution in [0.5, 0.6) is 0 Å². The molecule has 3 nitrogen and oxygen atoms in total. The van der Waals surface area contributed by atoms with Gasteiger partial charge in [0.05, 0.1) is 17.1 Å². The third kappa shape index (κ3) is 4.57. The Labute approximate surface area is 128 Å². The zero-order valence-electron chi connectivity index (χ0n) is 14.0. The first-order valence-electron chi connectivity index (χ1n) is 8.16. The Morgan fingerprint density at radius 1 is 1.00 bits per heavy atom. The number of imidazole rings is 1. The smallest absolute Gasteiger partial charge is 0.124 e. The molecular weight excluding hydrogens is 258 g/mol. The van der Waals surface area contributed by atoms with E-state index in [-0.39, 0.29) is 6.04 Å². The highest BCUT2D eigenvalue weighted by Crippen LogP contribution is 2.20. The lowest BCUT2D eigenvalue weighted by molar-refractivity contribution is 0.331. The van der Waals surface area contributed by atoms with Gasteiger partial charge in [-0.25, -0.2) is 4.98 Å². The number of fused-ring (bicyclic) bond motifs is 1. The predicted octanol–water partition coefficient (Wildman–Crippen LogP) is 4.67. The van der Waals surface area contributed by atoms with Crippen LogP contribution in [-0.4, -0.2) is 16.0 Å². The minimum Gasteiger partial charge on any atom is -0.341 e. The molecular formula is C18H29N3. The Bertz CT molecular complexity index is 513. The van der Waals surface area contributed by atoms with Crippen LogP contribution in [0, 0.1) is 11.8 Å². The topological polar surface area (TPSA) is 40.7 Å². The molecule has 1 unspecified atom stereocenters. The Hall–Kier alpha value is -1.35. The molecule has 0 aliphatic heterocycles. The normalized spacial score (nSPS) is 13.7. The molecule has 0 saturated carbocycles. The first-order chi connectivity index (χ1) is 9.95. The number of hydrogen-bond donors (Lipinski definition) is 2. The Morgan fingerprint density at radius 3 is 2.19 bits per heavy atom. The summed E-state index contributed by atoms with van der Waals surface area (Å²) < 4.78 is 0. The van der Waals surface area contributed by atoms with Gasteiger partial charge in [-0.15, -0.1) is 0 Å². The van der Waals surface area contributed by atoms with E-state index in [0.29, 0.717) is 17.9 Å². The number of rotatable bonds is 7. The van der Waals surface area contributed by atoms with E-state index in [9.17, 15) is 0 Å². The van der Waals surface area contributed by atoms with Crippen LogP contribution in [0.4, 0.5) is 0 Å². The van der Waals surface area contributed by atoms with Crippen LogP contribution >= 0.6 is 0 Å². The highest BCUT2D eigenvalue weighted by Gasteiger charge is 2.18. The van der Waals surface area contributed by atoms with Gasteiger partial charge in [-0.2, -0.15) is 0 Å². The fraction of sp³-hybridized carbons (Fsp3) is 0.611. The van der Waals surface area contributed by atoms with E-state index in [2.05, 4.69) is 57.1 Å². The van der Waals surface area contributed by atoms with Crippen LogP contribution in [-0.2, 0) is 0 Å². The monoisotopic (exact) mass is 287 g/mol. The molecule has 2 N–H and O–H groups in total. The molecule has 0 radical (unpaired) electrons. The molecule has 0 amide bonds. The Morgan fingerprint density at radius 2 is 1.62 bits per heavy atom. The van der Waals surface area contributed by atoms with Gasteiger partial charge in [-0.1, -0.05) is 39.8 Å². The summed E-state index contributed by atoms with van der Waals surface area (Å²) in [6.07, 6.45) is 2.42. The molecule has 0 aliphatic carbocycles. The quantitative estimate of drug-likeness (QED) is 0.776. The first kappa shape index (κ1) is 16.0. The van der Waals surface area contributed by atoms with Crippen molar-refractivity contribution in [2.45, 2.75) is 59.5 Å². The van der Waals surface area contributed by atoms with Crippen molar-refractivity contribution in [1.82, 2.24) is 15.3 Å². The van der Waals surface area contributed by atoms with Crippen molar-refractivity contribution in [3.8, 4) is 0 Å². The van der Waals surface area contributed by atoms with Gasteiger partial charge >= 0.3 is 0 Å². The molecule has 0 spiro atoms. The molecule has 0 bridgehead atoms. The summed E-state index contributed by atoms with van der Waals surface area (Å²) in [4.78, 5) is 8.14. The highest BCUT2D eigenvalue weighted by molar-refractivity contribution is 5.74. The highest BCUT2D eigenvalue weighted by atomic mass is 15.0. The van der Waals surface area contributed by atoms with Gasteiger partial charge in [0, 0.05) is 6.04 Å². The standard InChI is InChI=1S/C18H29N3/c1-12(2)10-15(11-13(3)4)19-14(5)18-20-16-8-6-7-9-17(16)21-18/h6-9,12-15,19H,10-11H2,1-5H3,(H,20,21). The van der Waals surface area contributed by atoms with Gasteiger partial charge < -0.3 is 10.3 Å². The van der Waals surface area contributed by atoms with Crippen molar-refractivity contribution in [2.75, 3.05) is 0 Å². The summed E-state index contributed by atoms with van der Waals surface area (Å²) in [6.45, 7) is 11.4. The van der Waals surface area contributed by atoms with Crippen LogP contribution in [0.3, 0.4) is 0 Å². The predicted molar refractivity (Wildman–Crippen MR) is 90.3 cm³/mol. The average Bonchev–Trinajstić information content (AvgIpc) is 2.80. The number of nitrogens with zero attached hydrogens (tertiary/aromatic N) is 1. The van der Waals surface area contributed by atoms with Crippen molar-refractivity contribution < 1.29 is 0 Å². The summed E-state index contributed by atoms with van der Waals surface area (Å²) in [5.74, 6) is 2.46. The molecule has 2 aromatic rings. The van der Waals surface area contributed by atoms with Gasteiger partial charge in [0.2, 0.25) is 0 Å². The second kappa shape index (κ2) is 7.08. The van der Waals surface area contributed by atoms with Gasteiger partial charge in [0.25, 0.3) is 0 Å². The number of nitrogens with one attached hydrogen (secondary N) is 2. The largest absolute Gasteiger partial charge is 0.341 e. The van der Waals surface area contributed by atoms with Crippen LogP contribution in [0.2, 0.25) is 0 Å². The zero-order valence-corrected chi connectivity index (χ0v) is 14.0. The number of hydrogen-bond acceptors (Lipinski definition) is 2. The summed E-state index contributed by atoms with van der Waals surface area (Å²) in [5.41, 5.74) is 2.16. The lowest BCUT2D eigenvalue weighted by atomic mass is 9.95. The zero-order chi connectivity index (χ0) is 15.4. The van der Waals surface area contributed by atoms with E-state index in [1.807, 2.05) is 12.1 Å². The maximum Gasteiger partial charge on any atom is 0.124 e. The summed E-state index contributed by atoms with van der Waals surface area (Å²) in [5, 5.41) is 3.76. The van der Waals surface area contributed by atoms with E-state index in [0.717, 1.165) is 16.9 Å². The molecule has 2 rings (SSSR count). The van der Waals surface area contributed by atoms with E-state index < -0.39 is 0 Å². The van der Waals surface area contributed by atoms with Crippen molar-refractivity contribution in [2.24, 2.45) is 11.8 Å². The maximum atomic E-state index is 4.71. The lowest BCUT2D eigenvalue weighted by Gasteiger charge is -2.25. The SMILES string of the molecule is CC(C)CC(CC(C)C)NC(C)c1nc2ccccc2[nH]1. The third-order valence-corrected chi connectivity index (χ3v) is 3.82. The lowest BCUT2D eigenvalue weighted by Crippen LogP contribution is -2.34. The molecule has 1 aromatic carbocycles. The second-order valence-electron chi connectivity index (χ2n) is 6.98. The fourth-order valence-corrected chi connectivity index (χ4v) is 2.98. The first-order valence-corrected chi connectivity index (χ1v) is 8.16. The number of benzene rings is 1. The maximum absolute atomic E-state index is 4.71. The molecule has 1 atom stereocenters. The van der Waals surface area contributed by atoms with Gasteiger partial charge in [-0.3, -0.25) is 0 Å². The van der Waals surface area contributed by atoms with E-state index in [1.54, 1.807) is 0 Å². The van der Waals surface area contributed by atoms with Crippen LogP contribution in [0.1, 0.15) is 59.3 Å². The van der Waals surface area contributed by atoms with E-state index in [4.69, 9.17) is 4.98 Å². The van der Waals surface area contributed by atoms with Crippen LogP contribution < -0.4 is 5.32 Å². The third-order valence-electron chi connectivity index (χ3n) is 3.82. The molecule has 1 heterocycles. The number of aromatic amines is 1. The summed E-state index contributed by atoms with van der Waals surface area (Å²) >= 11 is 0. The van der Waals surface area contributed by atoms with Crippen molar-refractivity contribution >= 4 is 11.0 Å². The Balaban J connectivity index is 2.07. The van der Waals surface area contributed by atoms with E-state index in [1.165, 1.54) is 12.8 Å². The summed E-state index contributed by atoms with van der Waals surface area (Å²) in [6, 6.07) is 9.02. The van der Waals surface area contributed by atoms with Gasteiger partial charge in [0.15, 0.2) is 0 Å². The number of aromatic nitrogens is 2. The van der Waals surface area contributed by atoms with Crippen molar-refractivity contribution in [1.29, 1.82) is 0 Å². The molecule has 116 valence electrons. The van der Waals surface area contributed by atoms with Gasteiger partial charge in [0.1, 0.15) is 5.82 Å². The molecule has 1 aromatic heterocycles. The fourth-order valence-electron chi connectivity index (χ4n) is 2.98. The molecule has 0 saturated heterocycles. The Kier molecular flexibility index (Phi) is 5.40. The molecule has 21 heavy (non-hydrogen) atoms. The van der Waals surface area contributed by atoms with Crippen LogP contribution in [0.15, 0.2) is 24.3 Å². The second-order valence-corrected chi connectivity index (χ2v) is 6.98. The number of H-pyrrole nitrogens is 1. The van der Waals surface area contributed by atoms with Crippen molar-refractivity contribution in [3.63, 3.8) is 0 Å². The molecule has 0 fully saturated rings. The minimum atomic E-state index is 0.250. The average molecular weight is 287 g/mol. The van der Waals surface area contributed by atoms with E-state index >= 15 is 0 Å².